The fourth-order valence-electron chi connectivity index (χ4n) is 2.10. The van der Waals surface area contributed by atoms with Crippen molar-refractivity contribution < 1.29 is 18.0 Å². The Hall–Kier alpha value is -1.72. The van der Waals surface area contributed by atoms with Gasteiger partial charge in [-0.2, -0.15) is 13.2 Å². The molecule has 0 aromatic heterocycles. The summed E-state index contributed by atoms with van der Waals surface area (Å²) in [5.74, 6) is 0. The highest BCUT2D eigenvalue weighted by Crippen LogP contribution is 2.30. The molecule has 2 amide bonds. The highest BCUT2D eigenvalue weighted by atomic mass is 19.4. The predicted octanol–water partition coefficient (Wildman–Crippen LogP) is 3.18. The zero-order valence-electron chi connectivity index (χ0n) is 10.7. The van der Waals surface area contributed by atoms with Crippen molar-refractivity contribution in [3.8, 4) is 0 Å². The molecule has 3 nitrogen and oxygen atoms in total. The van der Waals surface area contributed by atoms with Gasteiger partial charge in [0, 0.05) is 12.6 Å². The Morgan fingerprint density at radius 1 is 1.26 bits per heavy atom. The van der Waals surface area contributed by atoms with Crippen molar-refractivity contribution in [1.82, 2.24) is 10.2 Å². The van der Waals surface area contributed by atoms with Crippen LogP contribution in [0.15, 0.2) is 24.3 Å². The van der Waals surface area contributed by atoms with Crippen LogP contribution >= 0.6 is 0 Å². The molecule has 104 valence electrons. The molecule has 1 saturated heterocycles. The Balaban J connectivity index is 2.14. The monoisotopic (exact) mass is 272 g/mol. The number of rotatable bonds is 2. The molecule has 0 radical (unpaired) electrons. The van der Waals surface area contributed by atoms with Crippen LogP contribution in [-0.2, 0) is 6.18 Å². The Kier molecular flexibility index (Phi) is 3.43. The van der Waals surface area contributed by atoms with E-state index in [1.807, 2.05) is 13.8 Å². The summed E-state index contributed by atoms with van der Waals surface area (Å²) in [7, 11) is 0. The van der Waals surface area contributed by atoms with E-state index in [9.17, 15) is 18.0 Å². The number of carbonyl (C=O) groups is 1. The zero-order valence-corrected chi connectivity index (χ0v) is 10.7. The lowest BCUT2D eigenvalue weighted by molar-refractivity contribution is -0.137. The van der Waals surface area contributed by atoms with Crippen LogP contribution < -0.4 is 5.32 Å². The van der Waals surface area contributed by atoms with Crippen LogP contribution in [0.4, 0.5) is 18.0 Å². The molecular weight excluding hydrogens is 257 g/mol. The van der Waals surface area contributed by atoms with Crippen LogP contribution in [0.25, 0.3) is 0 Å². The molecule has 1 atom stereocenters. The van der Waals surface area contributed by atoms with E-state index in [1.165, 1.54) is 12.1 Å². The van der Waals surface area contributed by atoms with Gasteiger partial charge in [0.05, 0.1) is 11.6 Å². The molecule has 0 aliphatic carbocycles. The second-order valence-electron chi connectivity index (χ2n) is 4.87. The average molecular weight is 272 g/mol. The SMILES string of the molecule is CC(C)N1CC(c2ccc(C(F)(F)F)cc2)NC1=O. The Bertz CT molecular complexity index is 468. The first-order valence-corrected chi connectivity index (χ1v) is 6.03. The summed E-state index contributed by atoms with van der Waals surface area (Å²) in [6, 6.07) is 4.55. The van der Waals surface area contributed by atoms with Gasteiger partial charge < -0.3 is 10.2 Å². The number of carbonyl (C=O) groups excluding carboxylic acids is 1. The number of hydrogen-bond acceptors (Lipinski definition) is 1. The number of halogens is 3. The van der Waals surface area contributed by atoms with E-state index in [2.05, 4.69) is 5.32 Å². The number of benzene rings is 1. The van der Waals surface area contributed by atoms with Crippen LogP contribution in [0.1, 0.15) is 31.0 Å². The van der Waals surface area contributed by atoms with E-state index in [0.29, 0.717) is 12.1 Å². The lowest BCUT2D eigenvalue weighted by Crippen LogP contribution is -2.33. The van der Waals surface area contributed by atoms with Crippen molar-refractivity contribution in [2.24, 2.45) is 0 Å². The van der Waals surface area contributed by atoms with E-state index < -0.39 is 11.7 Å². The van der Waals surface area contributed by atoms with Crippen LogP contribution in [-0.4, -0.2) is 23.5 Å². The van der Waals surface area contributed by atoms with E-state index in [0.717, 1.165) is 12.1 Å². The third kappa shape index (κ3) is 2.83. The van der Waals surface area contributed by atoms with Crippen LogP contribution in [0.5, 0.6) is 0 Å². The van der Waals surface area contributed by atoms with Gasteiger partial charge >= 0.3 is 12.2 Å². The van der Waals surface area contributed by atoms with Crippen LogP contribution in [0, 0.1) is 0 Å². The smallest absolute Gasteiger partial charge is 0.329 e. The highest BCUT2D eigenvalue weighted by Gasteiger charge is 2.33. The number of alkyl halides is 3. The lowest BCUT2D eigenvalue weighted by Gasteiger charge is -2.19. The van der Waals surface area contributed by atoms with Crippen molar-refractivity contribution in [2.45, 2.75) is 32.1 Å². The van der Waals surface area contributed by atoms with Gasteiger partial charge in [0.1, 0.15) is 0 Å². The molecule has 6 heteroatoms. The first-order chi connectivity index (χ1) is 8.79. The summed E-state index contributed by atoms with van der Waals surface area (Å²) in [5.41, 5.74) is 0.00536. The molecule has 1 aromatic carbocycles. The van der Waals surface area contributed by atoms with Gasteiger partial charge in [-0.05, 0) is 31.5 Å². The molecule has 2 rings (SSSR count). The van der Waals surface area contributed by atoms with Gasteiger partial charge in [0.2, 0.25) is 0 Å². The maximum Gasteiger partial charge on any atom is 0.416 e. The Labute approximate surface area is 109 Å². The number of hydrogen-bond donors (Lipinski definition) is 1. The van der Waals surface area contributed by atoms with Gasteiger partial charge in [-0.15, -0.1) is 0 Å². The maximum absolute atomic E-state index is 12.4. The van der Waals surface area contributed by atoms with Crippen molar-refractivity contribution in [3.63, 3.8) is 0 Å². The number of nitrogens with one attached hydrogen (secondary N) is 1. The first-order valence-electron chi connectivity index (χ1n) is 6.03. The van der Waals surface area contributed by atoms with Crippen molar-refractivity contribution >= 4 is 6.03 Å². The minimum atomic E-state index is -4.33. The molecular formula is C13H15F3N2O. The molecule has 1 fully saturated rings. The fourth-order valence-corrected chi connectivity index (χ4v) is 2.10. The molecule has 1 N–H and O–H groups in total. The number of amides is 2. The number of nitrogens with zero attached hydrogens (tertiary/aromatic N) is 1. The predicted molar refractivity (Wildman–Crippen MR) is 64.6 cm³/mol. The second kappa shape index (κ2) is 4.75. The molecule has 1 aliphatic heterocycles. The van der Waals surface area contributed by atoms with E-state index >= 15 is 0 Å². The third-order valence-corrected chi connectivity index (χ3v) is 3.20. The van der Waals surface area contributed by atoms with Crippen LogP contribution in [0.2, 0.25) is 0 Å². The fraction of sp³-hybridized carbons (Fsp3) is 0.462. The van der Waals surface area contributed by atoms with Gasteiger partial charge in [0.25, 0.3) is 0 Å². The van der Waals surface area contributed by atoms with Gasteiger partial charge in [-0.1, -0.05) is 12.1 Å². The summed E-state index contributed by atoms with van der Waals surface area (Å²) < 4.78 is 37.3. The average Bonchev–Trinajstić information content (AvgIpc) is 2.70. The van der Waals surface area contributed by atoms with Gasteiger partial charge in [-0.3, -0.25) is 0 Å². The molecule has 1 heterocycles. The summed E-state index contributed by atoms with van der Waals surface area (Å²) in [5, 5.41) is 2.77. The maximum atomic E-state index is 12.4. The third-order valence-electron chi connectivity index (χ3n) is 3.20. The Morgan fingerprint density at radius 3 is 2.26 bits per heavy atom. The number of urea groups is 1. The molecule has 0 saturated carbocycles. The molecule has 1 aliphatic rings. The minimum absolute atomic E-state index is 0.0689. The lowest BCUT2D eigenvalue weighted by atomic mass is 10.1. The second-order valence-corrected chi connectivity index (χ2v) is 4.87. The van der Waals surface area contributed by atoms with Gasteiger partial charge in [-0.25, -0.2) is 4.79 Å². The summed E-state index contributed by atoms with van der Waals surface area (Å²) in [6.07, 6.45) is -4.33. The standard InChI is InChI=1S/C13H15F3N2O/c1-8(2)18-7-11(17-12(18)19)9-3-5-10(6-4-9)13(14,15)16/h3-6,8,11H,7H2,1-2H3,(H,17,19). The minimum Gasteiger partial charge on any atom is -0.329 e. The molecule has 0 bridgehead atoms. The van der Waals surface area contributed by atoms with E-state index in [1.54, 1.807) is 4.90 Å². The molecule has 19 heavy (non-hydrogen) atoms. The largest absolute Gasteiger partial charge is 0.416 e. The van der Waals surface area contributed by atoms with E-state index in [-0.39, 0.29) is 18.1 Å². The van der Waals surface area contributed by atoms with Crippen molar-refractivity contribution in [2.75, 3.05) is 6.54 Å². The van der Waals surface area contributed by atoms with Crippen molar-refractivity contribution in [3.05, 3.63) is 35.4 Å². The van der Waals surface area contributed by atoms with E-state index in [4.69, 9.17) is 0 Å². The van der Waals surface area contributed by atoms with Gasteiger partial charge in [0.15, 0.2) is 0 Å². The summed E-state index contributed by atoms with van der Waals surface area (Å²) >= 11 is 0. The topological polar surface area (TPSA) is 32.3 Å². The molecule has 1 unspecified atom stereocenters. The van der Waals surface area contributed by atoms with Crippen LogP contribution in [0.3, 0.4) is 0 Å². The zero-order chi connectivity index (χ0) is 14.2. The Morgan fingerprint density at radius 2 is 1.84 bits per heavy atom. The summed E-state index contributed by atoms with van der Waals surface area (Å²) in [6.45, 7) is 4.27. The normalized spacial score (nSPS) is 20.0. The first kappa shape index (κ1) is 13.7. The highest BCUT2D eigenvalue weighted by molar-refractivity contribution is 5.77. The molecule has 0 spiro atoms. The van der Waals surface area contributed by atoms with Crippen molar-refractivity contribution in [1.29, 1.82) is 0 Å². The summed E-state index contributed by atoms with van der Waals surface area (Å²) in [4.78, 5) is 13.3. The quantitative estimate of drug-likeness (QED) is 0.881. The molecule has 1 aromatic rings.